The molecule has 6 heteroatoms. The highest BCUT2D eigenvalue weighted by molar-refractivity contribution is 5.96. The van der Waals surface area contributed by atoms with Crippen molar-refractivity contribution in [3.05, 3.63) is 35.4 Å². The molecule has 0 saturated heterocycles. The van der Waals surface area contributed by atoms with Crippen molar-refractivity contribution in [1.29, 1.82) is 0 Å². The lowest BCUT2D eigenvalue weighted by molar-refractivity contribution is -0.139. The van der Waals surface area contributed by atoms with Crippen LogP contribution in [0.25, 0.3) is 0 Å². The van der Waals surface area contributed by atoms with Gasteiger partial charge in [0.2, 0.25) is 0 Å². The van der Waals surface area contributed by atoms with Crippen molar-refractivity contribution >= 4 is 11.9 Å². The minimum Gasteiger partial charge on any atom is -0.480 e. The molecule has 0 unspecified atom stereocenters. The van der Waals surface area contributed by atoms with Gasteiger partial charge >= 0.3 is 5.97 Å². The van der Waals surface area contributed by atoms with Gasteiger partial charge in [-0.3, -0.25) is 4.79 Å². The minimum absolute atomic E-state index is 0.0990. The molecule has 1 amide bonds. The monoisotopic (exact) mass is 327 g/mol. The molecule has 0 heterocycles. The van der Waals surface area contributed by atoms with Gasteiger partial charge in [0.05, 0.1) is 0 Å². The highest BCUT2D eigenvalue weighted by Gasteiger charge is 2.20. The summed E-state index contributed by atoms with van der Waals surface area (Å²) in [4.78, 5) is 23.1. The summed E-state index contributed by atoms with van der Waals surface area (Å²) in [6.07, 6.45) is 6.38. The van der Waals surface area contributed by atoms with E-state index in [1.54, 1.807) is 0 Å². The summed E-state index contributed by atoms with van der Waals surface area (Å²) >= 11 is 0. The molecule has 0 radical (unpaired) electrons. The van der Waals surface area contributed by atoms with Crippen LogP contribution in [-0.4, -0.2) is 23.0 Å². The smallest absolute Gasteiger partial charge is 0.326 e. The zero-order chi connectivity index (χ0) is 17.2. The number of rotatable bonds is 10. The van der Waals surface area contributed by atoms with Crippen LogP contribution in [0, 0.1) is 11.6 Å². The highest BCUT2D eigenvalue weighted by atomic mass is 19.2. The zero-order valence-corrected chi connectivity index (χ0v) is 13.3. The Bertz CT molecular complexity index is 535. The first-order valence-electron chi connectivity index (χ1n) is 7.94. The van der Waals surface area contributed by atoms with E-state index in [0.717, 1.165) is 50.3 Å². The maximum absolute atomic E-state index is 13.1. The van der Waals surface area contributed by atoms with Gasteiger partial charge in [-0.1, -0.05) is 45.4 Å². The first-order chi connectivity index (χ1) is 11.0. The number of carboxylic acid groups (broad SMARTS) is 1. The molecule has 128 valence electrons. The molecule has 1 atom stereocenters. The molecular formula is C17H23F2NO3. The summed E-state index contributed by atoms with van der Waals surface area (Å²) in [7, 11) is 0. The second-order valence-corrected chi connectivity index (χ2v) is 5.55. The van der Waals surface area contributed by atoms with Crippen molar-refractivity contribution in [3.63, 3.8) is 0 Å². The standard InChI is InChI=1S/C17H23F2NO3/c1-2-3-4-5-6-7-8-15(17(22)23)20-16(21)12-9-10-13(18)14(19)11-12/h9-11,15H,2-8H2,1H3,(H,20,21)(H,22,23)/t15-/m1/s1. The summed E-state index contributed by atoms with van der Waals surface area (Å²) in [5.41, 5.74) is -0.0990. The van der Waals surface area contributed by atoms with Gasteiger partial charge in [0.15, 0.2) is 11.6 Å². The molecule has 0 aliphatic rings. The first-order valence-corrected chi connectivity index (χ1v) is 7.94. The zero-order valence-electron chi connectivity index (χ0n) is 13.3. The van der Waals surface area contributed by atoms with E-state index in [4.69, 9.17) is 5.11 Å². The van der Waals surface area contributed by atoms with Crippen molar-refractivity contribution in [2.24, 2.45) is 0 Å². The van der Waals surface area contributed by atoms with Crippen LogP contribution in [0.5, 0.6) is 0 Å². The highest BCUT2D eigenvalue weighted by Crippen LogP contribution is 2.11. The Hall–Kier alpha value is -1.98. The van der Waals surface area contributed by atoms with E-state index < -0.39 is 29.6 Å². The average molecular weight is 327 g/mol. The van der Waals surface area contributed by atoms with Crippen molar-refractivity contribution in [2.75, 3.05) is 0 Å². The van der Waals surface area contributed by atoms with Crippen LogP contribution in [0.15, 0.2) is 18.2 Å². The molecule has 1 rings (SSSR count). The molecule has 0 spiro atoms. The SMILES string of the molecule is CCCCCCCC[C@@H](NC(=O)c1ccc(F)c(F)c1)C(=O)O. The van der Waals surface area contributed by atoms with Crippen molar-refractivity contribution in [1.82, 2.24) is 5.32 Å². The molecule has 4 nitrogen and oxygen atoms in total. The lowest BCUT2D eigenvalue weighted by atomic mass is 10.1. The maximum Gasteiger partial charge on any atom is 0.326 e. The average Bonchev–Trinajstić information content (AvgIpc) is 2.51. The number of aliphatic carboxylic acids is 1. The van der Waals surface area contributed by atoms with Crippen LogP contribution in [0.2, 0.25) is 0 Å². The second-order valence-electron chi connectivity index (χ2n) is 5.55. The molecule has 1 aromatic carbocycles. The Labute approximate surface area is 134 Å². The molecule has 0 aliphatic heterocycles. The number of unbranched alkanes of at least 4 members (excludes halogenated alkanes) is 5. The van der Waals surface area contributed by atoms with Crippen LogP contribution in [0.3, 0.4) is 0 Å². The Morgan fingerprint density at radius 2 is 1.74 bits per heavy atom. The van der Waals surface area contributed by atoms with Crippen LogP contribution in [-0.2, 0) is 4.79 Å². The molecule has 2 N–H and O–H groups in total. The fourth-order valence-corrected chi connectivity index (χ4v) is 2.27. The van der Waals surface area contributed by atoms with Gasteiger partial charge in [-0.25, -0.2) is 13.6 Å². The predicted molar refractivity (Wildman–Crippen MR) is 83.2 cm³/mol. The van der Waals surface area contributed by atoms with Gasteiger partial charge in [0.1, 0.15) is 6.04 Å². The van der Waals surface area contributed by atoms with E-state index in [2.05, 4.69) is 12.2 Å². The molecular weight excluding hydrogens is 304 g/mol. The van der Waals surface area contributed by atoms with Crippen molar-refractivity contribution < 1.29 is 23.5 Å². The number of carboxylic acids is 1. The summed E-state index contributed by atoms with van der Waals surface area (Å²) in [5.74, 6) is -4.04. The summed E-state index contributed by atoms with van der Waals surface area (Å²) in [6, 6.07) is 1.70. The molecule has 23 heavy (non-hydrogen) atoms. The number of amides is 1. The fraction of sp³-hybridized carbons (Fsp3) is 0.529. The van der Waals surface area contributed by atoms with E-state index in [1.165, 1.54) is 0 Å². The predicted octanol–water partition coefficient (Wildman–Crippen LogP) is 3.90. The number of benzene rings is 1. The third-order valence-corrected chi connectivity index (χ3v) is 3.63. The number of carbonyl (C=O) groups is 2. The Morgan fingerprint density at radius 3 is 2.35 bits per heavy atom. The molecule has 0 saturated carbocycles. The van der Waals surface area contributed by atoms with E-state index in [9.17, 15) is 18.4 Å². The number of hydrogen-bond acceptors (Lipinski definition) is 2. The summed E-state index contributed by atoms with van der Waals surface area (Å²) in [6.45, 7) is 2.12. The molecule has 0 fully saturated rings. The largest absolute Gasteiger partial charge is 0.480 e. The van der Waals surface area contributed by atoms with E-state index >= 15 is 0 Å². The third-order valence-electron chi connectivity index (χ3n) is 3.63. The molecule has 1 aromatic rings. The molecule has 0 aromatic heterocycles. The first kappa shape index (κ1) is 19.1. The maximum atomic E-state index is 13.1. The topological polar surface area (TPSA) is 66.4 Å². The van der Waals surface area contributed by atoms with Crippen LogP contribution >= 0.6 is 0 Å². The van der Waals surface area contributed by atoms with Crippen LogP contribution in [0.4, 0.5) is 8.78 Å². The third kappa shape index (κ3) is 6.76. The lowest BCUT2D eigenvalue weighted by Crippen LogP contribution is -2.40. The molecule has 0 bridgehead atoms. The van der Waals surface area contributed by atoms with E-state index in [1.807, 2.05) is 0 Å². The lowest BCUT2D eigenvalue weighted by Gasteiger charge is -2.14. The number of halogens is 2. The second kappa shape index (κ2) is 9.92. The van der Waals surface area contributed by atoms with Crippen molar-refractivity contribution in [2.45, 2.75) is 57.9 Å². The molecule has 0 aliphatic carbocycles. The number of hydrogen-bond donors (Lipinski definition) is 2. The van der Waals surface area contributed by atoms with Crippen molar-refractivity contribution in [3.8, 4) is 0 Å². The number of nitrogens with one attached hydrogen (secondary N) is 1. The quantitative estimate of drug-likeness (QED) is 0.641. The fourth-order valence-electron chi connectivity index (χ4n) is 2.27. The van der Waals surface area contributed by atoms with Gasteiger partial charge in [-0.2, -0.15) is 0 Å². The van der Waals surface area contributed by atoms with Crippen LogP contribution in [0.1, 0.15) is 62.2 Å². The summed E-state index contributed by atoms with van der Waals surface area (Å²) in [5, 5.41) is 11.5. The van der Waals surface area contributed by atoms with Gasteiger partial charge in [0.25, 0.3) is 5.91 Å². The minimum atomic E-state index is -1.14. The van der Waals surface area contributed by atoms with E-state index in [-0.39, 0.29) is 5.56 Å². The Kier molecular flexibility index (Phi) is 8.22. The Balaban J connectivity index is 2.49. The van der Waals surface area contributed by atoms with E-state index in [0.29, 0.717) is 12.8 Å². The normalized spacial score (nSPS) is 12.0. The van der Waals surface area contributed by atoms with Crippen LogP contribution < -0.4 is 5.32 Å². The summed E-state index contributed by atoms with van der Waals surface area (Å²) < 4.78 is 26.0. The van der Waals surface area contributed by atoms with Gasteiger partial charge in [-0.05, 0) is 24.6 Å². The van der Waals surface area contributed by atoms with Gasteiger partial charge < -0.3 is 10.4 Å². The van der Waals surface area contributed by atoms with Gasteiger partial charge in [0, 0.05) is 5.56 Å². The Morgan fingerprint density at radius 1 is 1.09 bits per heavy atom. The van der Waals surface area contributed by atoms with Gasteiger partial charge in [-0.15, -0.1) is 0 Å². The number of carbonyl (C=O) groups excluding carboxylic acids is 1.